The number of hydrogen-bond donors (Lipinski definition) is 1. The van der Waals surface area contributed by atoms with Crippen LogP contribution in [0.5, 0.6) is 0 Å². The number of nitrogens with zero attached hydrogens (tertiary/aromatic N) is 4. The molecule has 0 unspecified atom stereocenters. The van der Waals surface area contributed by atoms with Crippen molar-refractivity contribution in [3.63, 3.8) is 0 Å². The first-order chi connectivity index (χ1) is 10.1. The van der Waals surface area contributed by atoms with Crippen molar-refractivity contribution >= 4 is 11.4 Å². The van der Waals surface area contributed by atoms with E-state index in [1.807, 2.05) is 23.8 Å². The average molecular weight is 285 g/mol. The minimum absolute atomic E-state index is 0.0797. The lowest BCUT2D eigenvalue weighted by atomic mass is 10.1. The van der Waals surface area contributed by atoms with E-state index < -0.39 is 4.92 Å². The lowest BCUT2D eigenvalue weighted by Gasteiger charge is -2.14. The third-order valence-corrected chi connectivity index (χ3v) is 3.05. The van der Waals surface area contributed by atoms with Gasteiger partial charge in [-0.15, -0.1) is 0 Å². The van der Waals surface area contributed by atoms with E-state index in [9.17, 15) is 10.1 Å². The fourth-order valence-electron chi connectivity index (χ4n) is 2.01. The SMILES string of the molecule is C[C@H](CNc1ccc(C#N)cc1[N+](=O)[O-])Cn1ccnc1. The van der Waals surface area contributed by atoms with E-state index in [-0.39, 0.29) is 17.2 Å². The van der Waals surface area contributed by atoms with Crippen LogP contribution in [0.1, 0.15) is 12.5 Å². The maximum absolute atomic E-state index is 11.0. The van der Waals surface area contributed by atoms with Gasteiger partial charge in [-0.2, -0.15) is 5.26 Å². The second kappa shape index (κ2) is 6.52. The quantitative estimate of drug-likeness (QED) is 0.649. The van der Waals surface area contributed by atoms with Crippen LogP contribution in [-0.2, 0) is 6.54 Å². The van der Waals surface area contributed by atoms with Crippen LogP contribution in [0.4, 0.5) is 11.4 Å². The lowest BCUT2D eigenvalue weighted by Crippen LogP contribution is -2.17. The minimum Gasteiger partial charge on any atom is -0.379 e. The summed E-state index contributed by atoms with van der Waals surface area (Å²) in [6.07, 6.45) is 5.33. The molecule has 1 heterocycles. The van der Waals surface area contributed by atoms with Gasteiger partial charge in [0.15, 0.2) is 0 Å². The minimum atomic E-state index is -0.482. The highest BCUT2D eigenvalue weighted by Crippen LogP contribution is 2.25. The largest absolute Gasteiger partial charge is 0.379 e. The molecular formula is C14H15N5O2. The van der Waals surface area contributed by atoms with Gasteiger partial charge in [0, 0.05) is 31.5 Å². The summed E-state index contributed by atoms with van der Waals surface area (Å²) in [5, 5.41) is 22.9. The molecule has 21 heavy (non-hydrogen) atoms. The Morgan fingerprint density at radius 2 is 2.38 bits per heavy atom. The Bertz CT molecular complexity index is 660. The molecule has 108 valence electrons. The molecule has 0 aliphatic carbocycles. The molecule has 1 aromatic heterocycles. The maximum Gasteiger partial charge on any atom is 0.293 e. The third-order valence-electron chi connectivity index (χ3n) is 3.05. The van der Waals surface area contributed by atoms with Crippen molar-refractivity contribution in [3.05, 3.63) is 52.6 Å². The molecule has 0 spiro atoms. The number of rotatable bonds is 6. The van der Waals surface area contributed by atoms with E-state index in [1.165, 1.54) is 6.07 Å². The van der Waals surface area contributed by atoms with E-state index >= 15 is 0 Å². The molecule has 0 fully saturated rings. The fourth-order valence-corrected chi connectivity index (χ4v) is 2.01. The normalized spacial score (nSPS) is 11.6. The standard InChI is InChI=1S/C14H15N5O2/c1-11(9-18-5-4-16-10-18)8-17-13-3-2-12(7-15)6-14(13)19(20)21/h2-6,10-11,17H,8-9H2,1H3/t11-/m1/s1. The number of nitrogens with one attached hydrogen (secondary N) is 1. The molecule has 0 saturated heterocycles. The van der Waals surface area contributed by atoms with Crippen molar-refractivity contribution in [1.29, 1.82) is 5.26 Å². The van der Waals surface area contributed by atoms with Crippen LogP contribution in [0.25, 0.3) is 0 Å². The van der Waals surface area contributed by atoms with Gasteiger partial charge in [0.25, 0.3) is 5.69 Å². The number of benzene rings is 1. The molecule has 0 radical (unpaired) electrons. The summed E-state index contributed by atoms with van der Waals surface area (Å²) in [7, 11) is 0. The zero-order valence-corrected chi connectivity index (χ0v) is 11.6. The highest BCUT2D eigenvalue weighted by Gasteiger charge is 2.15. The van der Waals surface area contributed by atoms with Crippen molar-refractivity contribution in [2.75, 3.05) is 11.9 Å². The summed E-state index contributed by atoms with van der Waals surface area (Å²) in [5.74, 6) is 0.273. The van der Waals surface area contributed by atoms with Crippen LogP contribution in [0.3, 0.4) is 0 Å². The Balaban J connectivity index is 2.02. The average Bonchev–Trinajstić information content (AvgIpc) is 2.97. The van der Waals surface area contributed by atoms with Gasteiger partial charge in [0.2, 0.25) is 0 Å². The van der Waals surface area contributed by atoms with Gasteiger partial charge in [-0.3, -0.25) is 10.1 Å². The number of anilines is 1. The van der Waals surface area contributed by atoms with E-state index in [0.29, 0.717) is 12.2 Å². The fraction of sp³-hybridized carbons (Fsp3) is 0.286. The number of nitro benzene ring substituents is 1. The molecule has 2 rings (SSSR count). The molecule has 1 aromatic carbocycles. The Morgan fingerprint density at radius 3 is 3.00 bits per heavy atom. The van der Waals surface area contributed by atoms with Crippen LogP contribution >= 0.6 is 0 Å². The molecule has 1 N–H and O–H groups in total. The summed E-state index contributed by atoms with van der Waals surface area (Å²) in [5.41, 5.74) is 0.624. The van der Waals surface area contributed by atoms with Crippen LogP contribution in [0, 0.1) is 27.4 Å². The molecule has 0 saturated carbocycles. The number of nitro groups is 1. The summed E-state index contributed by atoms with van der Waals surface area (Å²) in [6, 6.07) is 6.32. The first-order valence-electron chi connectivity index (χ1n) is 6.48. The van der Waals surface area contributed by atoms with Crippen LogP contribution in [-0.4, -0.2) is 21.0 Å². The van der Waals surface area contributed by atoms with E-state index in [1.54, 1.807) is 24.7 Å². The summed E-state index contributed by atoms with van der Waals surface area (Å²) >= 11 is 0. The Labute approximate surface area is 122 Å². The summed E-state index contributed by atoms with van der Waals surface area (Å²) < 4.78 is 1.96. The predicted molar refractivity (Wildman–Crippen MR) is 77.7 cm³/mol. The summed E-state index contributed by atoms with van der Waals surface area (Å²) in [4.78, 5) is 14.5. The molecule has 7 nitrogen and oxygen atoms in total. The van der Waals surface area contributed by atoms with Crippen molar-refractivity contribution < 1.29 is 4.92 Å². The van der Waals surface area contributed by atoms with Gasteiger partial charge in [0.05, 0.1) is 22.9 Å². The highest BCUT2D eigenvalue weighted by atomic mass is 16.6. The van der Waals surface area contributed by atoms with Crippen LogP contribution in [0.15, 0.2) is 36.9 Å². The van der Waals surface area contributed by atoms with Crippen LogP contribution < -0.4 is 5.32 Å². The topological polar surface area (TPSA) is 96.8 Å². The van der Waals surface area contributed by atoms with Gasteiger partial charge in [-0.1, -0.05) is 6.92 Å². The summed E-state index contributed by atoms with van der Waals surface area (Å²) in [6.45, 7) is 3.41. The highest BCUT2D eigenvalue weighted by molar-refractivity contribution is 5.64. The molecule has 0 amide bonds. The van der Waals surface area contributed by atoms with Crippen molar-refractivity contribution in [2.24, 2.45) is 5.92 Å². The van der Waals surface area contributed by atoms with Gasteiger partial charge in [0.1, 0.15) is 5.69 Å². The molecule has 0 aliphatic rings. The van der Waals surface area contributed by atoms with Crippen LogP contribution in [0.2, 0.25) is 0 Å². The van der Waals surface area contributed by atoms with Gasteiger partial charge < -0.3 is 9.88 Å². The number of imidazole rings is 1. The molecular weight excluding hydrogens is 270 g/mol. The van der Waals surface area contributed by atoms with Crippen molar-refractivity contribution in [3.8, 4) is 6.07 Å². The maximum atomic E-state index is 11.0. The van der Waals surface area contributed by atoms with E-state index in [4.69, 9.17) is 5.26 Å². The van der Waals surface area contributed by atoms with Gasteiger partial charge in [-0.25, -0.2) is 4.98 Å². The molecule has 2 aromatic rings. The zero-order valence-electron chi connectivity index (χ0n) is 11.6. The first kappa shape index (κ1) is 14.5. The third kappa shape index (κ3) is 3.79. The van der Waals surface area contributed by atoms with Crippen molar-refractivity contribution in [1.82, 2.24) is 9.55 Å². The first-order valence-corrected chi connectivity index (χ1v) is 6.48. The Kier molecular flexibility index (Phi) is 4.51. The molecule has 0 bridgehead atoms. The Morgan fingerprint density at radius 1 is 1.57 bits per heavy atom. The van der Waals surface area contributed by atoms with Gasteiger partial charge >= 0.3 is 0 Å². The smallest absolute Gasteiger partial charge is 0.293 e. The lowest BCUT2D eigenvalue weighted by molar-refractivity contribution is -0.384. The van der Waals surface area contributed by atoms with Gasteiger partial charge in [-0.05, 0) is 18.1 Å². The number of nitriles is 1. The monoisotopic (exact) mass is 285 g/mol. The Hall–Kier alpha value is -2.88. The van der Waals surface area contributed by atoms with E-state index in [0.717, 1.165) is 6.54 Å². The zero-order chi connectivity index (χ0) is 15.2. The molecule has 0 aliphatic heterocycles. The molecule has 7 heteroatoms. The van der Waals surface area contributed by atoms with Crippen molar-refractivity contribution in [2.45, 2.75) is 13.5 Å². The predicted octanol–water partition coefficient (Wildman–Crippen LogP) is 2.41. The second-order valence-electron chi connectivity index (χ2n) is 4.85. The second-order valence-corrected chi connectivity index (χ2v) is 4.85. The number of aromatic nitrogens is 2. The number of hydrogen-bond acceptors (Lipinski definition) is 5. The van der Waals surface area contributed by atoms with E-state index in [2.05, 4.69) is 10.3 Å². The molecule has 1 atom stereocenters.